The molecular weight excluding hydrogens is 411 g/mol. The van der Waals surface area contributed by atoms with Crippen LogP contribution in [0.4, 0.5) is 18.9 Å². The lowest BCUT2D eigenvalue weighted by Crippen LogP contribution is -2.12. The molecule has 0 atom stereocenters. The molecule has 19 heavy (non-hydrogen) atoms. The molecule has 1 rings (SSSR count). The first-order chi connectivity index (χ1) is 8.79. The second kappa shape index (κ2) is 6.63. The molecule has 1 aromatic rings. The van der Waals surface area contributed by atoms with Gasteiger partial charge in [-0.2, -0.15) is 18.4 Å². The van der Waals surface area contributed by atoms with Crippen molar-refractivity contribution in [1.29, 1.82) is 5.26 Å². The van der Waals surface area contributed by atoms with Crippen molar-refractivity contribution < 1.29 is 13.2 Å². The van der Waals surface area contributed by atoms with Crippen LogP contribution < -0.4 is 5.32 Å². The number of benzene rings is 1. The molecule has 0 heterocycles. The van der Waals surface area contributed by atoms with Crippen LogP contribution in [0, 0.1) is 11.5 Å². The molecule has 0 fully saturated rings. The van der Waals surface area contributed by atoms with Gasteiger partial charge in [-0.3, -0.25) is 5.32 Å². The van der Waals surface area contributed by atoms with Gasteiger partial charge in [-0.25, -0.2) is 4.99 Å². The number of halogens is 5. The smallest absolute Gasteiger partial charge is 0.271 e. The number of aliphatic imine (C=N–C) groups is 1. The van der Waals surface area contributed by atoms with Gasteiger partial charge < -0.3 is 0 Å². The van der Waals surface area contributed by atoms with Crippen LogP contribution in [0.2, 0.25) is 0 Å². The minimum atomic E-state index is -4.43. The Morgan fingerprint density at radius 2 is 1.89 bits per heavy atom. The largest absolute Gasteiger partial charge is 0.416 e. The first-order valence-electron chi connectivity index (χ1n) is 4.63. The summed E-state index contributed by atoms with van der Waals surface area (Å²) in [5.74, 6) is 0. The maximum atomic E-state index is 12.6. The topological polar surface area (TPSA) is 48.2 Å². The molecule has 0 radical (unpaired) electrons. The van der Waals surface area contributed by atoms with Gasteiger partial charge in [-0.15, -0.1) is 0 Å². The molecule has 0 aromatic heterocycles. The molecular formula is C10H6Br2F3N3S. The fourth-order valence-electron chi connectivity index (χ4n) is 1.11. The van der Waals surface area contributed by atoms with Gasteiger partial charge in [0.05, 0.1) is 11.3 Å². The first kappa shape index (κ1) is 16.3. The number of rotatable bonds is 1. The highest BCUT2D eigenvalue weighted by molar-refractivity contribution is 9.11. The molecule has 0 saturated heterocycles. The van der Waals surface area contributed by atoms with E-state index in [1.807, 2.05) is 0 Å². The van der Waals surface area contributed by atoms with E-state index < -0.39 is 11.7 Å². The van der Waals surface area contributed by atoms with E-state index in [0.29, 0.717) is 0 Å². The quantitative estimate of drug-likeness (QED) is 0.313. The number of nitrogens with zero attached hydrogens (tertiary/aromatic N) is 2. The molecule has 3 nitrogen and oxygen atoms in total. The van der Waals surface area contributed by atoms with Crippen molar-refractivity contribution in [3.8, 4) is 6.19 Å². The van der Waals surface area contributed by atoms with Crippen LogP contribution in [0.15, 0.2) is 26.1 Å². The number of alkyl halides is 3. The van der Waals surface area contributed by atoms with E-state index in [-0.39, 0.29) is 19.8 Å². The molecule has 0 unspecified atom stereocenters. The normalized spacial score (nSPS) is 12.2. The molecule has 9 heteroatoms. The summed E-state index contributed by atoms with van der Waals surface area (Å²) in [7, 11) is 0. The van der Waals surface area contributed by atoms with E-state index in [2.05, 4.69) is 42.2 Å². The van der Waals surface area contributed by atoms with Gasteiger partial charge in [0.2, 0.25) is 0 Å². The summed E-state index contributed by atoms with van der Waals surface area (Å²) in [4.78, 5) is 4.07. The number of nitrogens with one attached hydrogen (secondary N) is 1. The first-order valence-corrected chi connectivity index (χ1v) is 7.44. The average molecular weight is 417 g/mol. The van der Waals surface area contributed by atoms with Crippen LogP contribution in [-0.4, -0.2) is 11.4 Å². The van der Waals surface area contributed by atoms with Gasteiger partial charge >= 0.3 is 6.18 Å². The van der Waals surface area contributed by atoms with Crippen LogP contribution in [0.1, 0.15) is 5.56 Å². The summed E-state index contributed by atoms with van der Waals surface area (Å²) in [6, 6.07) is 1.88. The highest BCUT2D eigenvalue weighted by Crippen LogP contribution is 2.40. The third-order valence-corrected chi connectivity index (χ3v) is 3.70. The number of amidine groups is 1. The second-order valence-electron chi connectivity index (χ2n) is 3.14. The van der Waals surface area contributed by atoms with Crippen molar-refractivity contribution in [3.63, 3.8) is 0 Å². The van der Waals surface area contributed by atoms with E-state index in [4.69, 9.17) is 5.26 Å². The summed E-state index contributed by atoms with van der Waals surface area (Å²) in [5.41, 5.74) is -0.510. The van der Waals surface area contributed by atoms with E-state index >= 15 is 0 Å². The number of nitriles is 1. The van der Waals surface area contributed by atoms with E-state index in [1.165, 1.54) is 11.8 Å². The zero-order valence-electron chi connectivity index (χ0n) is 9.35. The molecule has 0 aliphatic carbocycles. The Kier molecular flexibility index (Phi) is 5.70. The van der Waals surface area contributed by atoms with E-state index in [9.17, 15) is 13.2 Å². The van der Waals surface area contributed by atoms with Gasteiger partial charge in [0.15, 0.2) is 11.4 Å². The van der Waals surface area contributed by atoms with Crippen molar-refractivity contribution in [3.05, 3.63) is 26.6 Å². The summed E-state index contributed by atoms with van der Waals surface area (Å²) < 4.78 is 38.1. The van der Waals surface area contributed by atoms with Crippen molar-refractivity contribution in [2.75, 3.05) is 6.26 Å². The van der Waals surface area contributed by atoms with Gasteiger partial charge in [0, 0.05) is 8.95 Å². The fraction of sp³-hybridized carbons (Fsp3) is 0.200. The molecule has 0 bridgehead atoms. The van der Waals surface area contributed by atoms with Gasteiger partial charge in [0.25, 0.3) is 0 Å². The zero-order chi connectivity index (χ0) is 14.6. The Hall–Kier alpha value is -0.720. The molecule has 1 N–H and O–H groups in total. The lowest BCUT2D eigenvalue weighted by atomic mass is 10.2. The molecule has 0 amide bonds. The van der Waals surface area contributed by atoms with E-state index in [1.54, 1.807) is 12.4 Å². The molecule has 1 aromatic carbocycles. The van der Waals surface area contributed by atoms with Gasteiger partial charge in [-0.1, -0.05) is 11.8 Å². The maximum Gasteiger partial charge on any atom is 0.416 e. The standard InChI is InChI=1S/C10H6Br2F3N3S/c1-19-9(17-4-16)18-8-6(11)2-5(3-7(8)12)10(13,14)15/h2-3H,1H3,(H,17,18). The SMILES string of the molecule is CSC(=Nc1c(Br)cc(C(F)(F)F)cc1Br)NC#N. The summed E-state index contributed by atoms with van der Waals surface area (Å²) in [5, 5.41) is 11.1. The Morgan fingerprint density at radius 3 is 2.26 bits per heavy atom. The average Bonchev–Trinajstić information content (AvgIpc) is 2.30. The molecule has 0 saturated carbocycles. The second-order valence-corrected chi connectivity index (χ2v) is 5.65. The lowest BCUT2D eigenvalue weighted by molar-refractivity contribution is -0.137. The maximum absolute atomic E-state index is 12.6. The van der Waals surface area contributed by atoms with E-state index in [0.717, 1.165) is 12.1 Å². The third-order valence-electron chi connectivity index (χ3n) is 1.91. The number of hydrogen-bond acceptors (Lipinski definition) is 3. The Morgan fingerprint density at radius 1 is 1.37 bits per heavy atom. The van der Waals surface area contributed by atoms with Crippen molar-refractivity contribution in [2.45, 2.75) is 6.18 Å². The van der Waals surface area contributed by atoms with Crippen LogP contribution in [0.3, 0.4) is 0 Å². The highest BCUT2D eigenvalue weighted by Gasteiger charge is 2.31. The van der Waals surface area contributed by atoms with Crippen LogP contribution >= 0.6 is 43.6 Å². The van der Waals surface area contributed by atoms with Gasteiger partial charge in [0.1, 0.15) is 0 Å². The minimum Gasteiger partial charge on any atom is -0.271 e. The third kappa shape index (κ3) is 4.40. The molecule has 102 valence electrons. The lowest BCUT2D eigenvalue weighted by Gasteiger charge is -2.10. The summed E-state index contributed by atoms with van der Waals surface area (Å²) in [6.45, 7) is 0. The molecule has 0 spiro atoms. The Bertz CT molecular complexity index is 529. The monoisotopic (exact) mass is 415 g/mol. The van der Waals surface area contributed by atoms with Crippen LogP contribution in [-0.2, 0) is 6.18 Å². The fourth-order valence-corrected chi connectivity index (χ4v) is 2.80. The minimum absolute atomic E-state index is 0.181. The predicted octanol–water partition coefficient (Wildman–Crippen LogP) is 4.65. The van der Waals surface area contributed by atoms with Crippen molar-refractivity contribution in [1.82, 2.24) is 5.32 Å². The van der Waals surface area contributed by atoms with Crippen molar-refractivity contribution >= 4 is 54.5 Å². The van der Waals surface area contributed by atoms with Crippen LogP contribution in [0.25, 0.3) is 0 Å². The zero-order valence-corrected chi connectivity index (χ0v) is 13.3. The Labute approximate surface area is 128 Å². The Balaban J connectivity index is 3.29. The molecule has 0 aliphatic rings. The molecule has 0 aliphatic heterocycles. The number of thioether (sulfide) groups is 1. The van der Waals surface area contributed by atoms with Crippen LogP contribution in [0.5, 0.6) is 0 Å². The highest BCUT2D eigenvalue weighted by atomic mass is 79.9. The summed E-state index contributed by atoms with van der Waals surface area (Å²) in [6.07, 6.45) is -1.04. The van der Waals surface area contributed by atoms with Crippen molar-refractivity contribution in [2.24, 2.45) is 4.99 Å². The van der Waals surface area contributed by atoms with Gasteiger partial charge in [-0.05, 0) is 50.2 Å². The summed E-state index contributed by atoms with van der Waals surface area (Å²) >= 11 is 7.25. The predicted molar refractivity (Wildman–Crippen MR) is 76.2 cm³/mol. The number of hydrogen-bond donors (Lipinski definition) is 1.